The van der Waals surface area contributed by atoms with Crippen molar-refractivity contribution in [3.05, 3.63) is 87.0 Å². The molecule has 0 radical (unpaired) electrons. The molecule has 0 atom stereocenters. The van der Waals surface area contributed by atoms with Gasteiger partial charge in [0, 0.05) is 22.8 Å². The highest BCUT2D eigenvalue weighted by atomic mass is 15.2. The van der Waals surface area contributed by atoms with Crippen molar-refractivity contribution in [2.45, 2.75) is 131 Å². The first-order chi connectivity index (χ1) is 18.5. The summed E-state index contributed by atoms with van der Waals surface area (Å²) in [6.07, 6.45) is 20.0. The van der Waals surface area contributed by atoms with Gasteiger partial charge < -0.3 is 5.53 Å². The van der Waals surface area contributed by atoms with Gasteiger partial charge in [-0.3, -0.25) is 0 Å². The second-order valence-electron chi connectivity index (χ2n) is 11.2. The molecule has 1 heterocycles. The number of rotatable bonds is 17. The van der Waals surface area contributed by atoms with Crippen molar-refractivity contribution in [1.82, 2.24) is 0 Å². The minimum atomic E-state index is 0.936. The zero-order chi connectivity index (χ0) is 27.3. The van der Waals surface area contributed by atoms with Crippen LogP contribution in [0.15, 0.2) is 48.0 Å². The first kappa shape index (κ1) is 30.1. The Balaban J connectivity index is 1.98. The molecule has 0 aromatic heterocycles. The van der Waals surface area contributed by atoms with E-state index in [4.69, 9.17) is 0 Å². The number of nitrogens with zero attached hydrogens (tertiary/aromatic N) is 2. The van der Waals surface area contributed by atoms with Gasteiger partial charge in [-0.25, -0.2) is 4.70 Å². The maximum absolute atomic E-state index is 11.8. The minimum absolute atomic E-state index is 0.936. The van der Waals surface area contributed by atoms with E-state index in [0.717, 1.165) is 49.1 Å². The van der Waals surface area contributed by atoms with Crippen LogP contribution < -0.4 is 0 Å². The van der Waals surface area contributed by atoms with Gasteiger partial charge in [-0.05, 0) is 97.9 Å². The maximum atomic E-state index is 11.8. The van der Waals surface area contributed by atoms with E-state index in [2.05, 4.69) is 77.1 Å². The summed E-state index contributed by atoms with van der Waals surface area (Å²) < 4.78 is 1.52. The van der Waals surface area contributed by atoms with E-state index in [-0.39, 0.29) is 0 Å². The Kier molecular flexibility index (Phi) is 12.5. The molecule has 0 unspecified atom stereocenters. The van der Waals surface area contributed by atoms with Crippen LogP contribution in [0.25, 0.3) is 16.9 Å². The predicted molar refractivity (Wildman–Crippen MR) is 165 cm³/mol. The zero-order valence-corrected chi connectivity index (χ0v) is 25.0. The number of aryl methyl sites for hydroxylation is 4. The fourth-order valence-electron chi connectivity index (χ4n) is 5.62. The summed E-state index contributed by atoms with van der Waals surface area (Å²) in [5, 5.41) is 0. The fraction of sp³-hybridized carbons (Fsp3) is 0.556. The summed E-state index contributed by atoms with van der Waals surface area (Å²) in [6.45, 7) is 11.2. The molecule has 0 bridgehead atoms. The fourth-order valence-corrected chi connectivity index (χ4v) is 5.62. The normalized spacial score (nSPS) is 13.5. The number of allylic oxidation sites excluding steroid dienone is 2. The number of hydrogen-bond acceptors (Lipinski definition) is 0. The smallest absolute Gasteiger partial charge is 0.210 e. The highest BCUT2D eigenvalue weighted by Crippen LogP contribution is 2.39. The molecule has 1 aliphatic rings. The van der Waals surface area contributed by atoms with Gasteiger partial charge in [0.2, 0.25) is 11.4 Å². The monoisotopic (exact) mass is 512 g/mol. The van der Waals surface area contributed by atoms with Gasteiger partial charge in [-0.15, -0.1) is 0 Å². The van der Waals surface area contributed by atoms with Crippen LogP contribution in [-0.4, -0.2) is 4.70 Å². The van der Waals surface area contributed by atoms with E-state index < -0.39 is 0 Å². The molecule has 0 amide bonds. The summed E-state index contributed by atoms with van der Waals surface area (Å²) in [7, 11) is 0. The molecule has 38 heavy (non-hydrogen) atoms. The lowest BCUT2D eigenvalue weighted by atomic mass is 9.96. The summed E-state index contributed by atoms with van der Waals surface area (Å²) in [5.74, 6) is 0. The van der Waals surface area contributed by atoms with Gasteiger partial charge in [-0.2, -0.15) is 0 Å². The Hall–Kier alpha value is -2.48. The molecule has 206 valence electrons. The summed E-state index contributed by atoms with van der Waals surface area (Å²) in [6, 6.07) is 14.0. The molecule has 1 aliphatic heterocycles. The lowest BCUT2D eigenvalue weighted by molar-refractivity contribution is -0.344. The van der Waals surface area contributed by atoms with Crippen LogP contribution >= 0.6 is 0 Å². The molecule has 2 nitrogen and oxygen atoms in total. The van der Waals surface area contributed by atoms with Crippen molar-refractivity contribution < 1.29 is 4.70 Å². The average molecular weight is 513 g/mol. The number of hydrogen-bond donors (Lipinski definition) is 0. The first-order valence-electron chi connectivity index (χ1n) is 15.7. The predicted octanol–water partition coefficient (Wildman–Crippen LogP) is 11.0. The van der Waals surface area contributed by atoms with Crippen molar-refractivity contribution in [3.8, 4) is 0 Å². The standard InChI is InChI=1S/C36H52N2/c1-6-11-14-15-16-17-20-32-27-35(33-23-28(9-4)21-30(25-33)18-12-7-2)38(37)36(32)34-24-29(10-5)22-31(26-34)19-13-8-3/h21-27H,6-20H2,1-5H3. The molecule has 2 aromatic rings. The minimum Gasteiger partial charge on any atom is -0.493 e. The van der Waals surface area contributed by atoms with Crippen molar-refractivity contribution >= 4 is 11.4 Å². The largest absolute Gasteiger partial charge is 0.493 e. The van der Waals surface area contributed by atoms with E-state index in [1.807, 2.05) is 0 Å². The second kappa shape index (κ2) is 15.8. The lowest BCUT2D eigenvalue weighted by Crippen LogP contribution is -2.05. The van der Waals surface area contributed by atoms with Crippen LogP contribution in [0.5, 0.6) is 0 Å². The highest BCUT2D eigenvalue weighted by Gasteiger charge is 2.29. The van der Waals surface area contributed by atoms with E-state index in [1.54, 1.807) is 0 Å². The van der Waals surface area contributed by atoms with Crippen LogP contribution in [0.3, 0.4) is 0 Å². The third-order valence-corrected chi connectivity index (χ3v) is 7.98. The Labute approximate surface area is 233 Å². The molecule has 0 fully saturated rings. The number of unbranched alkanes of at least 4 members (excludes halogenated alkanes) is 7. The Morgan fingerprint density at radius 2 is 1.03 bits per heavy atom. The zero-order valence-electron chi connectivity index (χ0n) is 25.0. The molecule has 0 saturated carbocycles. The second-order valence-corrected chi connectivity index (χ2v) is 11.2. The quantitative estimate of drug-likeness (QED) is 0.149. The lowest BCUT2D eigenvalue weighted by Gasteiger charge is -2.14. The SMILES string of the molecule is CCCCCCCCC1=C(c2cc(CC)cc(CCCC)c2)[N+](=[N-])C(c2cc(CC)cc(CCCC)c2)=C1. The molecule has 0 spiro atoms. The Morgan fingerprint density at radius 1 is 0.526 bits per heavy atom. The van der Waals surface area contributed by atoms with Crippen LogP contribution in [-0.2, 0) is 25.7 Å². The molecule has 0 saturated heterocycles. The molecule has 0 N–H and O–H groups in total. The van der Waals surface area contributed by atoms with Crippen molar-refractivity contribution in [2.75, 3.05) is 0 Å². The van der Waals surface area contributed by atoms with Gasteiger partial charge in [0.1, 0.15) is 0 Å². The summed E-state index contributed by atoms with van der Waals surface area (Å²) >= 11 is 0. The van der Waals surface area contributed by atoms with E-state index in [9.17, 15) is 5.53 Å². The molecule has 0 aliphatic carbocycles. The van der Waals surface area contributed by atoms with Crippen molar-refractivity contribution in [3.63, 3.8) is 0 Å². The summed E-state index contributed by atoms with van der Waals surface area (Å²) in [4.78, 5) is 0. The van der Waals surface area contributed by atoms with Gasteiger partial charge in [0.25, 0.3) is 0 Å². The Bertz CT molecular complexity index is 1120. The van der Waals surface area contributed by atoms with Crippen LogP contribution in [0, 0.1) is 0 Å². The molecular formula is C36H52N2. The molecule has 2 heteroatoms. The topological polar surface area (TPSA) is 25.3 Å². The van der Waals surface area contributed by atoms with Gasteiger partial charge >= 0.3 is 0 Å². The van der Waals surface area contributed by atoms with Gasteiger partial charge in [0.15, 0.2) is 0 Å². The third-order valence-electron chi connectivity index (χ3n) is 7.98. The number of benzene rings is 2. The molecular weight excluding hydrogens is 460 g/mol. The summed E-state index contributed by atoms with van der Waals surface area (Å²) in [5.41, 5.74) is 22.8. The average Bonchev–Trinajstić information content (AvgIpc) is 3.27. The molecule has 3 rings (SSSR count). The highest BCUT2D eigenvalue weighted by molar-refractivity contribution is 5.79. The van der Waals surface area contributed by atoms with E-state index in [1.165, 1.54) is 102 Å². The third kappa shape index (κ3) is 8.26. The maximum Gasteiger partial charge on any atom is 0.210 e. The van der Waals surface area contributed by atoms with Crippen LogP contribution in [0.4, 0.5) is 0 Å². The van der Waals surface area contributed by atoms with Gasteiger partial charge in [-0.1, -0.05) is 91.7 Å². The van der Waals surface area contributed by atoms with Gasteiger partial charge in [0.05, 0.1) is 0 Å². The Morgan fingerprint density at radius 3 is 1.61 bits per heavy atom. The van der Waals surface area contributed by atoms with Crippen LogP contribution in [0.2, 0.25) is 0 Å². The van der Waals surface area contributed by atoms with Crippen LogP contribution in [0.1, 0.15) is 139 Å². The molecule has 2 aromatic carbocycles. The first-order valence-corrected chi connectivity index (χ1v) is 15.7. The van der Waals surface area contributed by atoms with E-state index in [0.29, 0.717) is 0 Å². The van der Waals surface area contributed by atoms with Crippen molar-refractivity contribution in [2.24, 2.45) is 0 Å². The van der Waals surface area contributed by atoms with E-state index >= 15 is 0 Å². The van der Waals surface area contributed by atoms with Crippen molar-refractivity contribution in [1.29, 1.82) is 0 Å².